The molecule has 1 N–H and O–H groups in total. The Labute approximate surface area is 206 Å². The molecule has 0 unspecified atom stereocenters. The fourth-order valence-corrected chi connectivity index (χ4v) is 6.22. The Kier molecular flexibility index (Phi) is 7.37. The van der Waals surface area contributed by atoms with Crippen molar-refractivity contribution in [2.75, 3.05) is 25.0 Å². The number of benzene rings is 2. The molecule has 1 atom stereocenters. The number of hydrogen-bond donors (Lipinski definition) is 1. The number of sulfonamides is 1. The van der Waals surface area contributed by atoms with E-state index in [4.69, 9.17) is 0 Å². The second kappa shape index (κ2) is 10.3. The molecule has 0 aliphatic carbocycles. The molecule has 0 radical (unpaired) electrons. The Balaban J connectivity index is 1.36. The minimum absolute atomic E-state index is 0.0480. The van der Waals surface area contributed by atoms with Crippen molar-refractivity contribution in [1.29, 1.82) is 0 Å². The monoisotopic (exact) mass is 497 g/mol. The molecular weight excluding hydrogens is 466 g/mol. The van der Waals surface area contributed by atoms with Gasteiger partial charge < -0.3 is 10.2 Å². The molecule has 0 spiro atoms. The molecule has 186 valence electrons. The smallest absolute Gasteiger partial charge is 0.247 e. The highest BCUT2D eigenvalue weighted by atomic mass is 32.2. The van der Waals surface area contributed by atoms with Crippen LogP contribution in [0.2, 0.25) is 0 Å². The highest BCUT2D eigenvalue weighted by Gasteiger charge is 2.39. The lowest BCUT2D eigenvalue weighted by Crippen LogP contribution is -2.48. The van der Waals surface area contributed by atoms with Crippen LogP contribution in [-0.2, 0) is 19.6 Å². The second-order valence-corrected chi connectivity index (χ2v) is 11.2. The van der Waals surface area contributed by atoms with Crippen LogP contribution < -0.4 is 5.32 Å². The zero-order valence-electron chi connectivity index (χ0n) is 20.1. The molecule has 2 aliphatic rings. The molecule has 2 aromatic carbocycles. The van der Waals surface area contributed by atoms with E-state index in [2.05, 4.69) is 5.32 Å². The number of carbonyl (C=O) groups is 3. The van der Waals surface area contributed by atoms with Crippen molar-refractivity contribution < 1.29 is 22.8 Å². The minimum atomic E-state index is -3.59. The van der Waals surface area contributed by atoms with Crippen molar-refractivity contribution in [1.82, 2.24) is 9.21 Å². The number of Topliss-reactive ketones (excluding diaryl/α,β-unsaturated/α-hetero) is 1. The van der Waals surface area contributed by atoms with Crippen LogP contribution >= 0.6 is 0 Å². The van der Waals surface area contributed by atoms with Crippen molar-refractivity contribution in [2.45, 2.75) is 50.5 Å². The molecule has 2 aromatic rings. The van der Waals surface area contributed by atoms with Gasteiger partial charge in [-0.15, -0.1) is 0 Å². The van der Waals surface area contributed by atoms with Crippen LogP contribution in [-0.4, -0.2) is 60.9 Å². The Morgan fingerprint density at radius 3 is 2.11 bits per heavy atom. The molecule has 0 aromatic heterocycles. The SMILES string of the molecule is CC(=O)c1ccc(NC(=O)[C@@H]2CCCN2C(=O)C2CCN(S(=O)(=O)c3ccc(C)cc3)CC2)cc1. The first-order valence-electron chi connectivity index (χ1n) is 12.0. The number of aryl methyl sites for hydroxylation is 1. The van der Waals surface area contributed by atoms with E-state index in [1.54, 1.807) is 53.4 Å². The Morgan fingerprint density at radius 1 is 0.886 bits per heavy atom. The number of hydrogen-bond acceptors (Lipinski definition) is 5. The van der Waals surface area contributed by atoms with E-state index < -0.39 is 16.1 Å². The summed E-state index contributed by atoms with van der Waals surface area (Å²) in [4.78, 5) is 39.6. The van der Waals surface area contributed by atoms with Gasteiger partial charge in [-0.05, 0) is 75.9 Å². The second-order valence-electron chi connectivity index (χ2n) is 9.30. The van der Waals surface area contributed by atoms with Crippen molar-refractivity contribution in [2.24, 2.45) is 5.92 Å². The van der Waals surface area contributed by atoms with E-state index in [1.807, 2.05) is 6.92 Å². The standard InChI is InChI=1S/C26H31N3O5S/c1-18-5-11-23(12-6-18)35(33,34)28-16-13-21(14-17-28)26(32)29-15-3-4-24(29)25(31)27-22-9-7-20(8-10-22)19(2)30/h5-12,21,24H,3-4,13-17H2,1-2H3,(H,27,31)/t24-/m0/s1. The van der Waals surface area contributed by atoms with Crippen LogP contribution in [0.3, 0.4) is 0 Å². The summed E-state index contributed by atoms with van der Waals surface area (Å²) in [6.07, 6.45) is 2.19. The maximum atomic E-state index is 13.3. The molecule has 0 saturated carbocycles. The van der Waals surface area contributed by atoms with Gasteiger partial charge in [-0.3, -0.25) is 14.4 Å². The lowest BCUT2D eigenvalue weighted by Gasteiger charge is -2.34. The van der Waals surface area contributed by atoms with Gasteiger partial charge in [-0.25, -0.2) is 8.42 Å². The van der Waals surface area contributed by atoms with E-state index in [-0.39, 0.29) is 41.5 Å². The number of carbonyl (C=O) groups excluding carboxylic acids is 3. The zero-order chi connectivity index (χ0) is 25.2. The number of ketones is 1. The molecule has 4 rings (SSSR count). The Morgan fingerprint density at radius 2 is 1.51 bits per heavy atom. The first kappa shape index (κ1) is 25.1. The van der Waals surface area contributed by atoms with Crippen LogP contribution in [0.5, 0.6) is 0 Å². The number of nitrogens with zero attached hydrogens (tertiary/aromatic N) is 2. The average molecular weight is 498 g/mol. The molecule has 2 saturated heterocycles. The average Bonchev–Trinajstić information content (AvgIpc) is 3.34. The lowest BCUT2D eigenvalue weighted by molar-refractivity contribution is -0.141. The van der Waals surface area contributed by atoms with Crippen LogP contribution in [0, 0.1) is 12.8 Å². The lowest BCUT2D eigenvalue weighted by atomic mass is 9.96. The van der Waals surface area contributed by atoms with Crippen molar-refractivity contribution in [3.05, 3.63) is 59.7 Å². The predicted octanol–water partition coefficient (Wildman–Crippen LogP) is 3.23. The first-order chi connectivity index (χ1) is 16.7. The third-order valence-electron chi connectivity index (χ3n) is 6.86. The van der Waals surface area contributed by atoms with Crippen LogP contribution in [0.4, 0.5) is 5.69 Å². The summed E-state index contributed by atoms with van der Waals surface area (Å²) >= 11 is 0. The maximum absolute atomic E-state index is 13.3. The van der Waals surface area contributed by atoms with Gasteiger partial charge in [-0.2, -0.15) is 4.31 Å². The molecule has 2 fully saturated rings. The molecule has 2 amide bonds. The maximum Gasteiger partial charge on any atom is 0.247 e. The number of nitrogens with one attached hydrogen (secondary N) is 1. The van der Waals surface area contributed by atoms with Gasteiger partial charge in [0.25, 0.3) is 0 Å². The fraction of sp³-hybridized carbons (Fsp3) is 0.423. The summed E-state index contributed by atoms with van der Waals surface area (Å²) in [5.74, 6) is -0.677. The van der Waals surface area contributed by atoms with Crippen LogP contribution in [0.1, 0.15) is 48.5 Å². The zero-order valence-corrected chi connectivity index (χ0v) is 20.9. The van der Waals surface area contributed by atoms with Gasteiger partial charge in [0, 0.05) is 36.8 Å². The van der Waals surface area contributed by atoms with E-state index in [9.17, 15) is 22.8 Å². The number of amides is 2. The van der Waals surface area contributed by atoms with Crippen molar-refractivity contribution in [3.63, 3.8) is 0 Å². The third kappa shape index (κ3) is 5.46. The number of likely N-dealkylation sites (tertiary alicyclic amines) is 1. The molecule has 9 heteroatoms. The van der Waals surface area contributed by atoms with Gasteiger partial charge in [0.2, 0.25) is 21.8 Å². The van der Waals surface area contributed by atoms with E-state index >= 15 is 0 Å². The third-order valence-corrected chi connectivity index (χ3v) is 8.77. The Hall–Kier alpha value is -3.04. The normalized spacial score (nSPS) is 19.5. The minimum Gasteiger partial charge on any atom is -0.330 e. The number of anilines is 1. The highest BCUT2D eigenvalue weighted by molar-refractivity contribution is 7.89. The highest BCUT2D eigenvalue weighted by Crippen LogP contribution is 2.28. The largest absolute Gasteiger partial charge is 0.330 e. The van der Waals surface area contributed by atoms with Gasteiger partial charge in [-0.1, -0.05) is 17.7 Å². The van der Waals surface area contributed by atoms with E-state index in [0.29, 0.717) is 37.1 Å². The summed E-state index contributed by atoms with van der Waals surface area (Å²) in [7, 11) is -3.59. The van der Waals surface area contributed by atoms with Crippen molar-refractivity contribution >= 4 is 33.3 Å². The quantitative estimate of drug-likeness (QED) is 0.617. The fourth-order valence-electron chi connectivity index (χ4n) is 4.75. The molecule has 2 aliphatic heterocycles. The molecule has 8 nitrogen and oxygen atoms in total. The summed E-state index contributed by atoms with van der Waals surface area (Å²) in [6.45, 7) is 4.46. The molecule has 0 bridgehead atoms. The van der Waals surface area contributed by atoms with Gasteiger partial charge in [0.05, 0.1) is 4.90 Å². The molecular formula is C26H31N3O5S. The summed E-state index contributed by atoms with van der Waals surface area (Å²) in [5, 5.41) is 2.86. The van der Waals surface area contributed by atoms with Crippen LogP contribution in [0.15, 0.2) is 53.4 Å². The van der Waals surface area contributed by atoms with Crippen molar-refractivity contribution in [3.8, 4) is 0 Å². The van der Waals surface area contributed by atoms with Crippen LogP contribution in [0.25, 0.3) is 0 Å². The number of piperidine rings is 1. The van der Waals surface area contributed by atoms with E-state index in [1.165, 1.54) is 11.2 Å². The van der Waals surface area contributed by atoms with Gasteiger partial charge in [0.1, 0.15) is 6.04 Å². The van der Waals surface area contributed by atoms with E-state index in [0.717, 1.165) is 12.0 Å². The summed E-state index contributed by atoms with van der Waals surface area (Å²) in [5.41, 5.74) is 2.14. The van der Waals surface area contributed by atoms with Gasteiger partial charge >= 0.3 is 0 Å². The van der Waals surface area contributed by atoms with Gasteiger partial charge in [0.15, 0.2) is 5.78 Å². The topological polar surface area (TPSA) is 104 Å². The summed E-state index contributed by atoms with van der Waals surface area (Å²) < 4.78 is 27.4. The predicted molar refractivity (Wildman–Crippen MR) is 132 cm³/mol. The molecule has 35 heavy (non-hydrogen) atoms. The first-order valence-corrected chi connectivity index (χ1v) is 13.4. The molecule has 2 heterocycles. The summed E-state index contributed by atoms with van der Waals surface area (Å²) in [6, 6.07) is 12.9. The Bertz CT molecular complexity index is 1200. The number of rotatable bonds is 6.